The highest BCUT2D eigenvalue weighted by atomic mass is 16.5. The third-order valence-electron chi connectivity index (χ3n) is 4.65. The van der Waals surface area contributed by atoms with Crippen molar-refractivity contribution >= 4 is 11.9 Å². The Labute approximate surface area is 168 Å². The van der Waals surface area contributed by atoms with Gasteiger partial charge in [0.2, 0.25) is 0 Å². The number of esters is 1. The molecule has 4 nitrogen and oxygen atoms in total. The van der Waals surface area contributed by atoms with Crippen molar-refractivity contribution in [2.75, 3.05) is 6.61 Å². The Bertz CT molecular complexity index is 700. The van der Waals surface area contributed by atoms with Crippen LogP contribution in [0.25, 0.3) is 0 Å². The number of benzene rings is 2. The number of carbonyl (C=O) groups excluding carboxylic acids is 2. The van der Waals surface area contributed by atoms with Crippen LogP contribution in [0.3, 0.4) is 0 Å². The molecule has 2 rings (SSSR count). The molecule has 2 aromatic carbocycles. The van der Waals surface area contributed by atoms with Crippen LogP contribution in [0.1, 0.15) is 61.4 Å². The minimum absolute atomic E-state index is 0.266. The zero-order chi connectivity index (χ0) is 20.0. The van der Waals surface area contributed by atoms with Gasteiger partial charge in [-0.3, -0.25) is 4.79 Å². The van der Waals surface area contributed by atoms with E-state index in [0.29, 0.717) is 18.6 Å². The first-order valence-corrected chi connectivity index (χ1v) is 10.3. The van der Waals surface area contributed by atoms with Crippen LogP contribution in [-0.2, 0) is 16.0 Å². The molecule has 0 radical (unpaired) electrons. The number of rotatable bonds is 12. The van der Waals surface area contributed by atoms with E-state index in [1.807, 2.05) is 36.4 Å². The van der Waals surface area contributed by atoms with Gasteiger partial charge in [-0.25, -0.2) is 4.79 Å². The second-order valence-corrected chi connectivity index (χ2v) is 7.02. The lowest BCUT2D eigenvalue weighted by Gasteiger charge is -2.18. The van der Waals surface area contributed by atoms with Crippen molar-refractivity contribution in [3.63, 3.8) is 0 Å². The van der Waals surface area contributed by atoms with E-state index in [1.165, 1.54) is 25.7 Å². The number of nitrogens with one attached hydrogen (secondary N) is 1. The van der Waals surface area contributed by atoms with E-state index < -0.39 is 6.04 Å². The van der Waals surface area contributed by atoms with Crippen molar-refractivity contribution in [3.05, 3.63) is 71.8 Å². The lowest BCUT2D eigenvalue weighted by molar-refractivity contribution is -0.146. The Morgan fingerprint density at radius 3 is 2.14 bits per heavy atom. The van der Waals surface area contributed by atoms with Gasteiger partial charge >= 0.3 is 5.97 Å². The van der Waals surface area contributed by atoms with Crippen LogP contribution in [0, 0.1) is 0 Å². The van der Waals surface area contributed by atoms with Crippen LogP contribution in [-0.4, -0.2) is 24.5 Å². The molecular weight excluding hydrogens is 350 g/mol. The molecule has 4 heteroatoms. The molecule has 0 aromatic heterocycles. The Balaban J connectivity index is 1.89. The minimum Gasteiger partial charge on any atom is -0.464 e. The van der Waals surface area contributed by atoms with E-state index in [2.05, 4.69) is 12.2 Å². The standard InChI is InChI=1S/C24H31NO3/c1-2-3-4-5-6-13-18-28-24(27)22(19-20-14-9-7-10-15-20)25-23(26)21-16-11-8-12-17-21/h7-12,14-17,22H,2-6,13,18-19H2,1H3,(H,25,26). The van der Waals surface area contributed by atoms with E-state index >= 15 is 0 Å². The average Bonchev–Trinajstić information content (AvgIpc) is 2.73. The molecule has 28 heavy (non-hydrogen) atoms. The Kier molecular flexibility index (Phi) is 9.84. The Hall–Kier alpha value is -2.62. The summed E-state index contributed by atoms with van der Waals surface area (Å²) in [6.07, 6.45) is 7.21. The normalized spacial score (nSPS) is 11.6. The molecule has 1 atom stereocenters. The molecule has 0 heterocycles. The van der Waals surface area contributed by atoms with Gasteiger partial charge in [-0.2, -0.15) is 0 Å². The maximum atomic E-state index is 12.6. The van der Waals surface area contributed by atoms with E-state index in [9.17, 15) is 9.59 Å². The average molecular weight is 382 g/mol. The summed E-state index contributed by atoms with van der Waals surface area (Å²) in [5, 5.41) is 2.84. The Morgan fingerprint density at radius 2 is 1.46 bits per heavy atom. The molecule has 0 spiro atoms. The fourth-order valence-electron chi connectivity index (χ4n) is 3.03. The fraction of sp³-hybridized carbons (Fsp3) is 0.417. The molecular formula is C24H31NO3. The van der Waals surface area contributed by atoms with Crippen LogP contribution in [0.4, 0.5) is 0 Å². The summed E-state index contributed by atoms with van der Waals surface area (Å²) in [5.74, 6) is -0.639. The summed E-state index contributed by atoms with van der Waals surface area (Å²) in [6, 6.07) is 17.9. The minimum atomic E-state index is -0.699. The topological polar surface area (TPSA) is 55.4 Å². The maximum Gasteiger partial charge on any atom is 0.328 e. The van der Waals surface area contributed by atoms with Crippen molar-refractivity contribution in [1.82, 2.24) is 5.32 Å². The lowest BCUT2D eigenvalue weighted by atomic mass is 10.1. The summed E-state index contributed by atoms with van der Waals surface area (Å²) < 4.78 is 5.47. The molecule has 0 saturated carbocycles. The number of carbonyl (C=O) groups is 2. The maximum absolute atomic E-state index is 12.6. The van der Waals surface area contributed by atoms with Crippen LogP contribution in [0.15, 0.2) is 60.7 Å². The third kappa shape index (κ3) is 7.95. The zero-order valence-corrected chi connectivity index (χ0v) is 16.7. The van der Waals surface area contributed by atoms with Crippen molar-refractivity contribution in [3.8, 4) is 0 Å². The second kappa shape index (κ2) is 12.7. The highest BCUT2D eigenvalue weighted by Crippen LogP contribution is 2.09. The summed E-state index contributed by atoms with van der Waals surface area (Å²) >= 11 is 0. The molecule has 0 aliphatic heterocycles. The summed E-state index contributed by atoms with van der Waals surface area (Å²) in [6.45, 7) is 2.59. The van der Waals surface area contributed by atoms with Crippen molar-refractivity contribution in [1.29, 1.82) is 0 Å². The fourth-order valence-corrected chi connectivity index (χ4v) is 3.03. The van der Waals surface area contributed by atoms with Crippen LogP contribution < -0.4 is 5.32 Å². The molecule has 0 fully saturated rings. The molecule has 0 aliphatic carbocycles. The van der Waals surface area contributed by atoms with Gasteiger partial charge in [0.25, 0.3) is 5.91 Å². The van der Waals surface area contributed by atoms with Gasteiger partial charge in [-0.15, -0.1) is 0 Å². The number of unbranched alkanes of at least 4 members (excludes halogenated alkanes) is 5. The second-order valence-electron chi connectivity index (χ2n) is 7.02. The van der Waals surface area contributed by atoms with Crippen LogP contribution in [0.5, 0.6) is 0 Å². The first-order valence-electron chi connectivity index (χ1n) is 10.3. The van der Waals surface area contributed by atoms with Gasteiger partial charge in [0.05, 0.1) is 6.61 Å². The molecule has 0 aliphatic rings. The van der Waals surface area contributed by atoms with Crippen molar-refractivity contribution in [2.45, 2.75) is 57.9 Å². The van der Waals surface area contributed by atoms with Crippen LogP contribution >= 0.6 is 0 Å². The molecule has 1 amide bonds. The van der Waals surface area contributed by atoms with E-state index in [4.69, 9.17) is 4.74 Å². The van der Waals surface area contributed by atoms with E-state index in [-0.39, 0.29) is 11.9 Å². The summed E-state index contributed by atoms with van der Waals surface area (Å²) in [7, 11) is 0. The third-order valence-corrected chi connectivity index (χ3v) is 4.65. The SMILES string of the molecule is CCCCCCCCOC(=O)C(Cc1ccccc1)NC(=O)c1ccccc1. The first kappa shape index (κ1) is 21.7. The predicted molar refractivity (Wildman–Crippen MR) is 112 cm³/mol. The first-order chi connectivity index (χ1) is 13.7. The van der Waals surface area contributed by atoms with Gasteiger partial charge in [-0.05, 0) is 24.1 Å². The summed E-state index contributed by atoms with van der Waals surface area (Å²) in [4.78, 5) is 25.1. The molecule has 0 saturated heterocycles. The van der Waals surface area contributed by atoms with Gasteiger partial charge < -0.3 is 10.1 Å². The Morgan fingerprint density at radius 1 is 0.857 bits per heavy atom. The summed E-state index contributed by atoms with van der Waals surface area (Å²) in [5.41, 5.74) is 1.52. The lowest BCUT2D eigenvalue weighted by Crippen LogP contribution is -2.43. The number of hydrogen-bond acceptors (Lipinski definition) is 3. The van der Waals surface area contributed by atoms with E-state index in [1.54, 1.807) is 24.3 Å². The molecule has 150 valence electrons. The number of hydrogen-bond donors (Lipinski definition) is 1. The molecule has 2 aromatic rings. The predicted octanol–water partition coefficient (Wildman–Crippen LogP) is 4.93. The quantitative estimate of drug-likeness (QED) is 0.419. The number of ether oxygens (including phenoxy) is 1. The van der Waals surface area contributed by atoms with Gasteiger partial charge in [-0.1, -0.05) is 87.6 Å². The monoisotopic (exact) mass is 381 g/mol. The number of amides is 1. The van der Waals surface area contributed by atoms with Crippen molar-refractivity contribution in [2.24, 2.45) is 0 Å². The van der Waals surface area contributed by atoms with Crippen molar-refractivity contribution < 1.29 is 14.3 Å². The zero-order valence-electron chi connectivity index (χ0n) is 16.7. The molecule has 1 unspecified atom stereocenters. The molecule has 0 bridgehead atoms. The van der Waals surface area contributed by atoms with Gasteiger partial charge in [0.1, 0.15) is 6.04 Å². The van der Waals surface area contributed by atoms with Crippen LogP contribution in [0.2, 0.25) is 0 Å². The largest absolute Gasteiger partial charge is 0.464 e. The van der Waals surface area contributed by atoms with Gasteiger partial charge in [0.15, 0.2) is 0 Å². The highest BCUT2D eigenvalue weighted by molar-refractivity contribution is 5.96. The van der Waals surface area contributed by atoms with E-state index in [0.717, 1.165) is 18.4 Å². The highest BCUT2D eigenvalue weighted by Gasteiger charge is 2.23. The smallest absolute Gasteiger partial charge is 0.328 e. The molecule has 1 N–H and O–H groups in total. The van der Waals surface area contributed by atoms with Gasteiger partial charge in [0, 0.05) is 12.0 Å².